The number of hydrogen-bond acceptors (Lipinski definition) is 7. The van der Waals surface area contributed by atoms with Crippen LogP contribution in [0, 0.1) is 0 Å². The lowest BCUT2D eigenvalue weighted by Gasteiger charge is -2.40. The van der Waals surface area contributed by atoms with Gasteiger partial charge < -0.3 is 34.8 Å². The van der Waals surface area contributed by atoms with E-state index in [4.69, 9.17) is 9.47 Å². The topological polar surface area (TPSA) is 103 Å². The number of benzene rings is 2. The van der Waals surface area contributed by atoms with E-state index in [9.17, 15) is 20.4 Å². The number of nitrogens with zero attached hydrogens (tertiary/aromatic N) is 1. The second kappa shape index (κ2) is 7.46. The summed E-state index contributed by atoms with van der Waals surface area (Å²) in [4.78, 5) is 2.13. The van der Waals surface area contributed by atoms with Crippen LogP contribution in [0.2, 0.25) is 0 Å². The summed E-state index contributed by atoms with van der Waals surface area (Å²) in [5.41, 5.74) is 3.17. The zero-order valence-corrected chi connectivity index (χ0v) is 14.7. The molecule has 0 aliphatic carbocycles. The van der Waals surface area contributed by atoms with Gasteiger partial charge in [-0.15, -0.1) is 0 Å². The van der Waals surface area contributed by atoms with E-state index in [1.54, 1.807) is 6.07 Å². The maximum Gasteiger partial charge on any atom is 0.229 e. The summed E-state index contributed by atoms with van der Waals surface area (Å²) < 4.78 is 11.4. The van der Waals surface area contributed by atoms with Gasteiger partial charge >= 0.3 is 0 Å². The second-order valence-corrected chi connectivity index (χ2v) is 6.81. The zero-order valence-electron chi connectivity index (χ0n) is 14.7. The third-order valence-electron chi connectivity index (χ3n) is 5.13. The van der Waals surface area contributed by atoms with Gasteiger partial charge in [0.15, 0.2) is 0 Å². The van der Waals surface area contributed by atoms with Gasteiger partial charge in [-0.25, -0.2) is 0 Å². The van der Waals surface area contributed by atoms with E-state index in [0.29, 0.717) is 5.75 Å². The summed E-state index contributed by atoms with van der Waals surface area (Å²) >= 11 is 0. The molecule has 4 N–H and O–H groups in total. The third kappa shape index (κ3) is 3.28. The number of aliphatic hydroxyl groups is 4. The molecule has 1 fully saturated rings. The van der Waals surface area contributed by atoms with E-state index < -0.39 is 37.3 Å². The highest BCUT2D eigenvalue weighted by Crippen LogP contribution is 2.40. The van der Waals surface area contributed by atoms with Crippen LogP contribution >= 0.6 is 0 Å². The van der Waals surface area contributed by atoms with Gasteiger partial charge in [0.2, 0.25) is 6.29 Å². The number of ether oxygens (including phenoxy) is 2. The van der Waals surface area contributed by atoms with Gasteiger partial charge in [0.1, 0.15) is 30.2 Å². The van der Waals surface area contributed by atoms with E-state index in [-0.39, 0.29) is 0 Å². The lowest BCUT2D eigenvalue weighted by Crippen LogP contribution is -2.60. The smallest absolute Gasteiger partial charge is 0.229 e. The Bertz CT molecular complexity index is 798. The molecule has 2 aromatic rings. The first kappa shape index (κ1) is 18.2. The quantitative estimate of drug-likeness (QED) is 0.621. The Labute approximate surface area is 157 Å². The van der Waals surface area contributed by atoms with Gasteiger partial charge in [0.05, 0.1) is 12.3 Å². The Morgan fingerprint density at radius 2 is 1.63 bits per heavy atom. The highest BCUT2D eigenvalue weighted by Gasteiger charge is 2.45. The Balaban J connectivity index is 1.61. The van der Waals surface area contributed by atoms with Crippen molar-refractivity contribution in [3.63, 3.8) is 0 Å². The molecular weight excluding hydrogens is 350 g/mol. The van der Waals surface area contributed by atoms with Gasteiger partial charge in [-0.1, -0.05) is 30.3 Å². The van der Waals surface area contributed by atoms with E-state index in [2.05, 4.69) is 11.0 Å². The summed E-state index contributed by atoms with van der Waals surface area (Å²) in [5, 5.41) is 39.5. The SMILES string of the molecule is OC[C@H]1OC(Oc2ccccc2N2CCc3ccccc32)[C@@H](O)[C@@H](O)[C@@H]1O. The monoisotopic (exact) mass is 373 g/mol. The molecule has 5 atom stereocenters. The molecule has 0 amide bonds. The van der Waals surface area contributed by atoms with Crippen molar-refractivity contribution in [2.24, 2.45) is 0 Å². The van der Waals surface area contributed by atoms with Crippen LogP contribution in [-0.4, -0.2) is 64.3 Å². The van der Waals surface area contributed by atoms with Crippen molar-refractivity contribution in [3.05, 3.63) is 54.1 Å². The molecule has 4 rings (SSSR count). The number of para-hydroxylation sites is 3. The van der Waals surface area contributed by atoms with Gasteiger partial charge in [-0.3, -0.25) is 0 Å². The first-order valence-electron chi connectivity index (χ1n) is 9.02. The van der Waals surface area contributed by atoms with Gasteiger partial charge in [0, 0.05) is 12.2 Å². The molecule has 1 saturated heterocycles. The van der Waals surface area contributed by atoms with Crippen molar-refractivity contribution in [2.45, 2.75) is 37.1 Å². The fourth-order valence-corrected chi connectivity index (χ4v) is 3.66. The van der Waals surface area contributed by atoms with Gasteiger partial charge in [0.25, 0.3) is 0 Å². The average molecular weight is 373 g/mol. The number of aliphatic hydroxyl groups excluding tert-OH is 4. The van der Waals surface area contributed by atoms with E-state index in [0.717, 1.165) is 24.3 Å². The molecule has 2 aliphatic rings. The molecule has 7 nitrogen and oxygen atoms in total. The van der Waals surface area contributed by atoms with Crippen LogP contribution in [0.3, 0.4) is 0 Å². The number of fused-ring (bicyclic) bond motifs is 1. The van der Waals surface area contributed by atoms with Crippen LogP contribution in [0.1, 0.15) is 5.56 Å². The van der Waals surface area contributed by atoms with E-state index >= 15 is 0 Å². The van der Waals surface area contributed by atoms with Crippen molar-refractivity contribution >= 4 is 11.4 Å². The molecule has 0 bridgehead atoms. The fraction of sp³-hybridized carbons (Fsp3) is 0.400. The van der Waals surface area contributed by atoms with Gasteiger partial charge in [-0.05, 0) is 30.2 Å². The third-order valence-corrected chi connectivity index (χ3v) is 5.13. The first-order chi connectivity index (χ1) is 13.1. The summed E-state index contributed by atoms with van der Waals surface area (Å²) in [6.07, 6.45) is -5.62. The molecule has 2 heterocycles. The molecule has 7 heteroatoms. The van der Waals surface area contributed by atoms with Crippen LogP contribution < -0.4 is 9.64 Å². The molecule has 2 aliphatic heterocycles. The standard InChI is InChI=1S/C20H23NO6/c22-11-16-17(23)18(24)19(25)20(27-16)26-15-8-4-3-7-14(15)21-10-9-12-5-1-2-6-13(12)21/h1-8,16-20,22-25H,9-11H2/t16-,17-,18+,19+,20?/m1/s1. The minimum absolute atomic E-state index is 0.485. The Kier molecular flexibility index (Phi) is 5.03. The van der Waals surface area contributed by atoms with Crippen LogP contribution in [-0.2, 0) is 11.2 Å². The van der Waals surface area contributed by atoms with Crippen molar-refractivity contribution in [1.29, 1.82) is 0 Å². The normalized spacial score (nSPS) is 30.2. The van der Waals surface area contributed by atoms with Crippen molar-refractivity contribution in [1.82, 2.24) is 0 Å². The molecule has 1 unspecified atom stereocenters. The molecule has 0 radical (unpaired) electrons. The van der Waals surface area contributed by atoms with Crippen molar-refractivity contribution in [2.75, 3.05) is 18.1 Å². The number of hydrogen-bond donors (Lipinski definition) is 4. The molecule has 144 valence electrons. The average Bonchev–Trinajstić information content (AvgIpc) is 3.13. The summed E-state index contributed by atoms with van der Waals surface area (Å²) in [5.74, 6) is 0.485. The Morgan fingerprint density at radius 3 is 2.41 bits per heavy atom. The molecule has 0 aromatic heterocycles. The van der Waals surface area contributed by atoms with Crippen LogP contribution in [0.5, 0.6) is 5.75 Å². The fourth-order valence-electron chi connectivity index (χ4n) is 3.66. The highest BCUT2D eigenvalue weighted by molar-refractivity contribution is 5.73. The predicted octanol–water partition coefficient (Wildman–Crippen LogP) is 0.559. The zero-order chi connectivity index (χ0) is 19.0. The van der Waals surface area contributed by atoms with E-state index in [1.807, 2.05) is 36.4 Å². The molecule has 0 saturated carbocycles. The van der Waals surface area contributed by atoms with Crippen LogP contribution in [0.15, 0.2) is 48.5 Å². The highest BCUT2D eigenvalue weighted by atomic mass is 16.7. The molecule has 2 aromatic carbocycles. The van der Waals surface area contributed by atoms with Crippen molar-refractivity contribution in [3.8, 4) is 5.75 Å². The van der Waals surface area contributed by atoms with E-state index in [1.165, 1.54) is 5.56 Å². The number of anilines is 2. The molecular formula is C20H23NO6. The lowest BCUT2D eigenvalue weighted by atomic mass is 9.99. The Morgan fingerprint density at radius 1 is 0.926 bits per heavy atom. The van der Waals surface area contributed by atoms with Crippen molar-refractivity contribution < 1.29 is 29.9 Å². The summed E-state index contributed by atoms with van der Waals surface area (Å²) in [6, 6.07) is 15.5. The van der Waals surface area contributed by atoms with Crippen LogP contribution in [0.4, 0.5) is 11.4 Å². The first-order valence-corrected chi connectivity index (χ1v) is 9.02. The summed E-state index contributed by atoms with van der Waals surface area (Å²) in [7, 11) is 0. The minimum Gasteiger partial charge on any atom is -0.460 e. The maximum absolute atomic E-state index is 10.2. The number of rotatable bonds is 4. The minimum atomic E-state index is -1.47. The maximum atomic E-state index is 10.2. The predicted molar refractivity (Wildman–Crippen MR) is 98.0 cm³/mol. The second-order valence-electron chi connectivity index (χ2n) is 6.81. The summed E-state index contributed by atoms with van der Waals surface area (Å²) in [6.45, 7) is 0.306. The molecule has 0 spiro atoms. The van der Waals surface area contributed by atoms with Gasteiger partial charge in [-0.2, -0.15) is 0 Å². The van der Waals surface area contributed by atoms with Crippen LogP contribution in [0.25, 0.3) is 0 Å². The lowest BCUT2D eigenvalue weighted by molar-refractivity contribution is -0.277. The largest absolute Gasteiger partial charge is 0.460 e. The Hall–Kier alpha value is -2.16. The molecule has 27 heavy (non-hydrogen) atoms.